The maximum absolute atomic E-state index is 9.18. The van der Waals surface area contributed by atoms with Gasteiger partial charge < -0.3 is 0 Å². The molecule has 14 heavy (non-hydrogen) atoms. The number of fused-ring (bicyclic) bond motifs is 1. The lowest BCUT2D eigenvalue weighted by Gasteiger charge is -2.15. The SMILES string of the molecule is O[P+](O)(O)C1=NCCc2ccccc21. The number of aliphatic imine (C=N–C) groups is 1. The maximum Gasteiger partial charge on any atom is 0.461 e. The number of nitrogens with zero attached hydrogens (tertiary/aromatic N) is 1. The zero-order chi connectivity index (χ0) is 10.2. The van der Waals surface area contributed by atoms with Crippen LogP contribution in [0.2, 0.25) is 0 Å². The molecular formula is C9H11NO3P+. The van der Waals surface area contributed by atoms with Crippen molar-refractivity contribution in [1.29, 1.82) is 0 Å². The molecule has 1 aromatic rings. The molecule has 1 aliphatic rings. The van der Waals surface area contributed by atoms with Crippen molar-refractivity contribution >= 4 is 13.4 Å². The predicted octanol–water partition coefficient (Wildman–Crippen LogP) is 0.729. The molecule has 0 fully saturated rings. The summed E-state index contributed by atoms with van der Waals surface area (Å²) in [7, 11) is -3.97. The number of hydrogen-bond donors (Lipinski definition) is 3. The van der Waals surface area contributed by atoms with Gasteiger partial charge in [0.15, 0.2) is 0 Å². The van der Waals surface area contributed by atoms with Crippen molar-refractivity contribution < 1.29 is 14.7 Å². The van der Waals surface area contributed by atoms with Crippen LogP contribution in [0, 0.1) is 0 Å². The van der Waals surface area contributed by atoms with E-state index in [0.717, 1.165) is 12.0 Å². The Morgan fingerprint density at radius 2 is 1.86 bits per heavy atom. The van der Waals surface area contributed by atoms with Gasteiger partial charge in [-0.1, -0.05) is 18.2 Å². The Bertz CT molecular complexity index is 384. The van der Waals surface area contributed by atoms with Crippen LogP contribution in [0.15, 0.2) is 29.3 Å². The third-order valence-electron chi connectivity index (χ3n) is 2.19. The molecule has 0 bridgehead atoms. The highest BCUT2D eigenvalue weighted by Gasteiger charge is 2.42. The van der Waals surface area contributed by atoms with E-state index in [9.17, 15) is 14.7 Å². The number of rotatable bonds is 1. The van der Waals surface area contributed by atoms with Crippen molar-refractivity contribution in [3.8, 4) is 0 Å². The van der Waals surface area contributed by atoms with Gasteiger partial charge in [0.1, 0.15) is 0 Å². The van der Waals surface area contributed by atoms with E-state index in [1.165, 1.54) is 0 Å². The molecule has 5 heteroatoms. The first-order chi connectivity index (χ1) is 6.59. The standard InChI is InChI=1S/C9H11NO3P/c11-14(12,13)9-8-4-2-1-3-7(8)5-6-10-9/h1-4,11-13H,5-6H2/q+1. The van der Waals surface area contributed by atoms with Crippen molar-refractivity contribution in [3.05, 3.63) is 35.4 Å². The van der Waals surface area contributed by atoms with E-state index in [1.807, 2.05) is 12.1 Å². The average Bonchev–Trinajstić information content (AvgIpc) is 2.15. The fraction of sp³-hybridized carbons (Fsp3) is 0.222. The van der Waals surface area contributed by atoms with Gasteiger partial charge in [-0.05, 0) is 18.1 Å². The smallest absolute Gasteiger partial charge is 0.244 e. The lowest BCUT2D eigenvalue weighted by atomic mass is 10.0. The Morgan fingerprint density at radius 3 is 2.57 bits per heavy atom. The van der Waals surface area contributed by atoms with E-state index in [2.05, 4.69) is 4.99 Å². The van der Waals surface area contributed by atoms with Gasteiger partial charge in [0, 0.05) is 12.1 Å². The minimum Gasteiger partial charge on any atom is -0.244 e. The maximum atomic E-state index is 9.18. The topological polar surface area (TPSA) is 73.0 Å². The summed E-state index contributed by atoms with van der Waals surface area (Å²) >= 11 is 0. The molecular weight excluding hydrogens is 201 g/mol. The van der Waals surface area contributed by atoms with Gasteiger partial charge in [-0.25, -0.2) is 4.99 Å². The van der Waals surface area contributed by atoms with E-state index in [-0.39, 0.29) is 5.45 Å². The van der Waals surface area contributed by atoms with Crippen molar-refractivity contribution in [3.63, 3.8) is 0 Å². The lowest BCUT2D eigenvalue weighted by Crippen LogP contribution is -2.15. The molecule has 1 heterocycles. The van der Waals surface area contributed by atoms with Crippen molar-refractivity contribution in [2.24, 2.45) is 4.99 Å². The van der Waals surface area contributed by atoms with Crippen LogP contribution in [0.1, 0.15) is 11.1 Å². The van der Waals surface area contributed by atoms with Crippen LogP contribution in [0.3, 0.4) is 0 Å². The third kappa shape index (κ3) is 1.70. The van der Waals surface area contributed by atoms with Crippen LogP contribution >= 0.6 is 7.94 Å². The summed E-state index contributed by atoms with van der Waals surface area (Å²) < 4.78 is 0. The molecule has 0 aliphatic carbocycles. The second kappa shape index (κ2) is 3.41. The van der Waals surface area contributed by atoms with Crippen molar-refractivity contribution in [2.45, 2.75) is 6.42 Å². The Morgan fingerprint density at radius 1 is 1.14 bits per heavy atom. The van der Waals surface area contributed by atoms with Gasteiger partial charge in [0.05, 0.1) is 0 Å². The summed E-state index contributed by atoms with van der Waals surface area (Å²) in [6.45, 7) is 0.496. The molecule has 0 amide bonds. The van der Waals surface area contributed by atoms with Gasteiger partial charge >= 0.3 is 7.94 Å². The minimum absolute atomic E-state index is 0.0411. The second-order valence-corrected chi connectivity index (χ2v) is 4.74. The summed E-state index contributed by atoms with van der Waals surface area (Å²) in [5.74, 6) is 0. The number of hydrogen-bond acceptors (Lipinski definition) is 4. The summed E-state index contributed by atoms with van der Waals surface area (Å²) in [4.78, 5) is 31.5. The van der Waals surface area contributed by atoms with Crippen molar-refractivity contribution in [1.82, 2.24) is 0 Å². The van der Waals surface area contributed by atoms with E-state index >= 15 is 0 Å². The zero-order valence-electron chi connectivity index (χ0n) is 7.46. The second-order valence-electron chi connectivity index (χ2n) is 3.18. The van der Waals surface area contributed by atoms with Crippen LogP contribution in [0.25, 0.3) is 0 Å². The minimum atomic E-state index is -3.97. The van der Waals surface area contributed by atoms with E-state index in [0.29, 0.717) is 12.1 Å². The van der Waals surface area contributed by atoms with Crippen LogP contribution in [-0.2, 0) is 6.42 Å². The predicted molar refractivity (Wildman–Crippen MR) is 55.1 cm³/mol. The molecule has 2 rings (SSSR count). The van der Waals surface area contributed by atoms with E-state index < -0.39 is 7.94 Å². The van der Waals surface area contributed by atoms with Gasteiger partial charge in [-0.3, -0.25) is 0 Å². The summed E-state index contributed by atoms with van der Waals surface area (Å²) in [6, 6.07) is 7.31. The molecule has 0 spiro atoms. The fourth-order valence-electron chi connectivity index (χ4n) is 1.58. The fourth-order valence-corrected chi connectivity index (χ4v) is 2.41. The molecule has 1 aromatic carbocycles. The Kier molecular flexibility index (Phi) is 2.37. The van der Waals surface area contributed by atoms with Crippen LogP contribution < -0.4 is 0 Å². The monoisotopic (exact) mass is 212 g/mol. The molecule has 4 nitrogen and oxygen atoms in total. The Hall–Kier alpha value is -0.800. The van der Waals surface area contributed by atoms with Gasteiger partial charge in [0.25, 0.3) is 5.45 Å². The van der Waals surface area contributed by atoms with E-state index in [1.54, 1.807) is 12.1 Å². The Labute approximate surface area is 82.1 Å². The van der Waals surface area contributed by atoms with Gasteiger partial charge in [-0.2, -0.15) is 14.7 Å². The first kappa shape index (κ1) is 9.74. The molecule has 74 valence electrons. The number of benzene rings is 1. The molecule has 0 radical (unpaired) electrons. The highest BCUT2D eigenvalue weighted by molar-refractivity contribution is 7.77. The van der Waals surface area contributed by atoms with Gasteiger partial charge in [-0.15, -0.1) is 0 Å². The molecule has 1 aliphatic heterocycles. The zero-order valence-corrected chi connectivity index (χ0v) is 8.35. The van der Waals surface area contributed by atoms with Gasteiger partial charge in [0.2, 0.25) is 0 Å². The van der Waals surface area contributed by atoms with Crippen LogP contribution in [0.4, 0.5) is 0 Å². The van der Waals surface area contributed by atoms with Crippen LogP contribution in [-0.4, -0.2) is 26.7 Å². The van der Waals surface area contributed by atoms with Crippen LogP contribution in [0.5, 0.6) is 0 Å². The first-order valence-corrected chi connectivity index (χ1v) is 5.94. The molecule has 0 aromatic heterocycles. The highest BCUT2D eigenvalue weighted by atomic mass is 31.2. The van der Waals surface area contributed by atoms with E-state index in [4.69, 9.17) is 0 Å². The average molecular weight is 212 g/mol. The lowest BCUT2D eigenvalue weighted by molar-refractivity contribution is 0.351. The normalized spacial score (nSPS) is 16.1. The molecule has 0 atom stereocenters. The molecule has 0 saturated heterocycles. The highest BCUT2D eigenvalue weighted by Crippen LogP contribution is 2.50. The Balaban J connectivity index is 2.51. The summed E-state index contributed by atoms with van der Waals surface area (Å²) in [6.07, 6.45) is 0.777. The summed E-state index contributed by atoms with van der Waals surface area (Å²) in [5.41, 5.74) is 1.69. The quantitative estimate of drug-likeness (QED) is 0.601. The molecule has 0 saturated carbocycles. The summed E-state index contributed by atoms with van der Waals surface area (Å²) in [5, 5.41) is 0. The van der Waals surface area contributed by atoms with Crippen molar-refractivity contribution in [2.75, 3.05) is 6.54 Å². The first-order valence-electron chi connectivity index (χ1n) is 4.29. The molecule has 0 unspecified atom stereocenters. The third-order valence-corrected chi connectivity index (χ3v) is 3.14. The molecule has 3 N–H and O–H groups in total. The largest absolute Gasteiger partial charge is 0.461 e.